The van der Waals surface area contributed by atoms with Gasteiger partial charge in [-0.15, -0.1) is 22.7 Å². The van der Waals surface area contributed by atoms with Crippen molar-refractivity contribution in [3.8, 4) is 54.8 Å². The summed E-state index contributed by atoms with van der Waals surface area (Å²) in [6, 6.07) is 93.6. The van der Waals surface area contributed by atoms with Crippen molar-refractivity contribution in [3.63, 3.8) is 0 Å². The van der Waals surface area contributed by atoms with Gasteiger partial charge in [-0.25, -0.2) is 0 Å². The summed E-state index contributed by atoms with van der Waals surface area (Å²) in [6.07, 6.45) is 0. The van der Waals surface area contributed by atoms with Crippen LogP contribution < -0.4 is 0 Å². The van der Waals surface area contributed by atoms with Crippen molar-refractivity contribution in [2.45, 2.75) is 0 Å². The Balaban J connectivity index is 0.858. The van der Waals surface area contributed by atoms with Crippen LogP contribution in [-0.2, 0) is 0 Å². The molecule has 10 aromatic carbocycles. The molecule has 0 N–H and O–H groups in total. The first kappa shape index (κ1) is 41.4. The number of rotatable bonds is 7. The molecule has 0 aliphatic rings. The number of benzene rings is 10. The molecule has 0 fully saturated rings. The highest BCUT2D eigenvalue weighted by Crippen LogP contribution is 2.48. The van der Waals surface area contributed by atoms with E-state index in [4.69, 9.17) is 0 Å². The molecule has 346 valence electrons. The predicted octanol–water partition coefficient (Wildman–Crippen LogP) is 19.2. The standard InChI is InChI=1S/C68H42N4S2/c1-4-16-47(17-5-1)69-57-25-13-10-22-51(57)54-38-44(30-35-60(54)69)43-28-33-50(34-29-43)72-63-41-65(45-31-36-61-55(39-45)52-23-11-14-26-58(52)70(61)48-18-6-2-7-19-48)73-67(63)68-64(72)42-66(74-68)46-32-37-62-56(40-46)53-24-12-15-27-59(53)71(62)49-20-8-3-9-21-49/h1-42H. The second kappa shape index (κ2) is 16.2. The van der Waals surface area contributed by atoms with Crippen molar-refractivity contribution in [2.24, 2.45) is 0 Å². The van der Waals surface area contributed by atoms with E-state index >= 15 is 0 Å². The lowest BCUT2D eigenvalue weighted by Crippen LogP contribution is -1.93. The molecule has 16 rings (SSSR count). The van der Waals surface area contributed by atoms with E-state index in [1.165, 1.54) is 135 Å². The van der Waals surface area contributed by atoms with Crippen LogP contribution >= 0.6 is 22.7 Å². The Hall–Kier alpha value is -9.20. The lowest BCUT2D eigenvalue weighted by Gasteiger charge is -2.10. The maximum Gasteiger partial charge on any atom is 0.0711 e. The van der Waals surface area contributed by atoms with Crippen LogP contribution in [0.2, 0.25) is 0 Å². The van der Waals surface area contributed by atoms with Crippen molar-refractivity contribution < 1.29 is 0 Å². The van der Waals surface area contributed by atoms with Gasteiger partial charge in [-0.3, -0.25) is 0 Å². The summed E-state index contributed by atoms with van der Waals surface area (Å²) in [5.41, 5.74) is 19.2. The Labute approximate surface area is 433 Å². The molecule has 6 aromatic heterocycles. The van der Waals surface area contributed by atoms with Crippen molar-refractivity contribution in [1.29, 1.82) is 0 Å². The van der Waals surface area contributed by atoms with Gasteiger partial charge in [0.25, 0.3) is 0 Å². The minimum absolute atomic E-state index is 1.15. The largest absolute Gasteiger partial charge is 0.309 e. The summed E-state index contributed by atoms with van der Waals surface area (Å²) in [6.45, 7) is 0. The van der Waals surface area contributed by atoms with Gasteiger partial charge in [-0.1, -0.05) is 140 Å². The lowest BCUT2D eigenvalue weighted by molar-refractivity contribution is 1.18. The van der Waals surface area contributed by atoms with Crippen molar-refractivity contribution >= 4 is 109 Å². The van der Waals surface area contributed by atoms with E-state index < -0.39 is 0 Å². The van der Waals surface area contributed by atoms with E-state index in [-0.39, 0.29) is 0 Å². The topological polar surface area (TPSA) is 19.7 Å². The van der Waals surface area contributed by atoms with Crippen LogP contribution in [0, 0.1) is 0 Å². The highest BCUT2D eigenvalue weighted by atomic mass is 32.1. The molecule has 0 amide bonds. The summed E-state index contributed by atoms with van der Waals surface area (Å²) in [4.78, 5) is 2.52. The fourth-order valence-corrected chi connectivity index (χ4v) is 14.3. The van der Waals surface area contributed by atoms with Crippen LogP contribution in [0.5, 0.6) is 0 Å². The fourth-order valence-electron chi connectivity index (χ4n) is 11.9. The normalized spacial score (nSPS) is 12.1. The quantitative estimate of drug-likeness (QED) is 0.152. The van der Waals surface area contributed by atoms with E-state index in [1.807, 2.05) is 22.7 Å². The highest BCUT2D eigenvalue weighted by Gasteiger charge is 2.23. The third-order valence-electron chi connectivity index (χ3n) is 15.2. The van der Waals surface area contributed by atoms with Crippen molar-refractivity contribution in [3.05, 3.63) is 255 Å². The third-order valence-corrected chi connectivity index (χ3v) is 17.7. The number of thiophene rings is 2. The number of nitrogens with zero attached hydrogens (tertiary/aromatic N) is 4. The number of para-hydroxylation sites is 6. The smallest absolute Gasteiger partial charge is 0.0711 e. The molecule has 4 nitrogen and oxygen atoms in total. The predicted molar refractivity (Wildman–Crippen MR) is 316 cm³/mol. The Bertz CT molecular complexity index is 4660. The zero-order chi connectivity index (χ0) is 48.4. The van der Waals surface area contributed by atoms with Gasteiger partial charge < -0.3 is 18.3 Å². The molecular weight excluding hydrogens is 937 g/mol. The summed E-state index contributed by atoms with van der Waals surface area (Å²) < 4.78 is 12.3. The number of aromatic nitrogens is 4. The number of hydrogen-bond acceptors (Lipinski definition) is 2. The molecule has 0 aliphatic carbocycles. The van der Waals surface area contributed by atoms with E-state index in [9.17, 15) is 0 Å². The van der Waals surface area contributed by atoms with Crippen molar-refractivity contribution in [1.82, 2.24) is 18.3 Å². The minimum atomic E-state index is 1.15. The Morgan fingerprint density at radius 1 is 0.203 bits per heavy atom. The van der Waals surface area contributed by atoms with E-state index in [0.29, 0.717) is 0 Å². The van der Waals surface area contributed by atoms with Crippen LogP contribution in [-0.4, -0.2) is 18.3 Å². The molecule has 0 unspecified atom stereocenters. The summed E-state index contributed by atoms with van der Waals surface area (Å²) in [5, 5.41) is 7.54. The number of fused-ring (bicyclic) bond motifs is 12. The molecule has 0 aliphatic heterocycles. The third kappa shape index (κ3) is 6.19. The van der Waals surface area contributed by atoms with Crippen LogP contribution in [0.15, 0.2) is 255 Å². The minimum Gasteiger partial charge on any atom is -0.309 e. The molecule has 0 spiro atoms. The van der Waals surface area contributed by atoms with Crippen LogP contribution in [0.4, 0.5) is 0 Å². The second-order valence-electron chi connectivity index (χ2n) is 19.3. The van der Waals surface area contributed by atoms with Gasteiger partial charge >= 0.3 is 0 Å². The second-order valence-corrected chi connectivity index (χ2v) is 21.4. The maximum absolute atomic E-state index is 2.50. The molecule has 74 heavy (non-hydrogen) atoms. The van der Waals surface area contributed by atoms with Gasteiger partial charge in [0.1, 0.15) is 0 Å². The van der Waals surface area contributed by atoms with Gasteiger partial charge in [0, 0.05) is 64.8 Å². The molecule has 0 saturated heterocycles. The van der Waals surface area contributed by atoms with Gasteiger partial charge in [-0.05, 0) is 138 Å². The molecule has 0 radical (unpaired) electrons. The first-order valence-electron chi connectivity index (χ1n) is 25.2. The summed E-state index contributed by atoms with van der Waals surface area (Å²) in [5.74, 6) is 0. The summed E-state index contributed by atoms with van der Waals surface area (Å²) in [7, 11) is 0. The van der Waals surface area contributed by atoms with Crippen LogP contribution in [0.1, 0.15) is 0 Å². The first-order chi connectivity index (χ1) is 36.7. The molecule has 6 heterocycles. The molecule has 0 saturated carbocycles. The first-order valence-corrected chi connectivity index (χ1v) is 26.8. The monoisotopic (exact) mass is 978 g/mol. The van der Waals surface area contributed by atoms with Crippen molar-refractivity contribution in [2.75, 3.05) is 0 Å². The fraction of sp³-hybridized carbons (Fsp3) is 0. The Morgan fingerprint density at radius 2 is 0.500 bits per heavy atom. The molecule has 6 heteroatoms. The Kier molecular flexibility index (Phi) is 9.04. The molecule has 0 atom stereocenters. The van der Waals surface area contributed by atoms with E-state index in [2.05, 4.69) is 273 Å². The van der Waals surface area contributed by atoms with Gasteiger partial charge in [0.05, 0.1) is 53.5 Å². The van der Waals surface area contributed by atoms with Gasteiger partial charge in [-0.2, -0.15) is 0 Å². The van der Waals surface area contributed by atoms with Crippen LogP contribution in [0.25, 0.3) is 141 Å². The lowest BCUT2D eigenvalue weighted by atomic mass is 10.0. The summed E-state index contributed by atoms with van der Waals surface area (Å²) >= 11 is 3.81. The average molecular weight is 979 g/mol. The zero-order valence-electron chi connectivity index (χ0n) is 39.9. The zero-order valence-corrected chi connectivity index (χ0v) is 41.5. The molecule has 0 bridgehead atoms. The number of hydrogen-bond donors (Lipinski definition) is 0. The van der Waals surface area contributed by atoms with E-state index in [1.54, 1.807) is 0 Å². The van der Waals surface area contributed by atoms with Gasteiger partial charge in [0.2, 0.25) is 0 Å². The molecule has 16 aromatic rings. The maximum atomic E-state index is 2.50. The highest BCUT2D eigenvalue weighted by molar-refractivity contribution is 7.30. The molecular formula is C68H42N4S2. The average Bonchev–Trinajstić information content (AvgIpc) is 4.32. The SMILES string of the molecule is c1ccc(-n2c3ccccc3c3cc(-c4ccc(-n5c6cc(-c7ccc8c(c7)c7ccccc7n8-c7ccccc7)sc6c6sc(-c7ccc8c(c7)c7ccccc7n8-c7ccccc7)cc65)cc4)ccc32)cc1. The van der Waals surface area contributed by atoms with Gasteiger partial charge in [0.15, 0.2) is 0 Å². The Morgan fingerprint density at radius 3 is 0.905 bits per heavy atom. The van der Waals surface area contributed by atoms with E-state index in [0.717, 1.165) is 5.69 Å². The van der Waals surface area contributed by atoms with Crippen LogP contribution in [0.3, 0.4) is 0 Å².